The average molecular weight is 286 g/mol. The Labute approximate surface area is 125 Å². The summed E-state index contributed by atoms with van der Waals surface area (Å²) >= 11 is 1.84. The molecule has 3 heteroatoms. The number of nitrogens with two attached hydrogens (primary N) is 1. The topological polar surface area (TPSA) is 29.3 Å². The second kappa shape index (κ2) is 6.08. The monoisotopic (exact) mass is 286 g/mol. The normalized spacial score (nSPS) is 16.6. The lowest BCUT2D eigenvalue weighted by molar-refractivity contribution is 0.241. The van der Waals surface area contributed by atoms with E-state index in [4.69, 9.17) is 5.73 Å². The fraction of sp³-hybridized carbons (Fsp3) is 0.412. The largest absolute Gasteiger partial charge is 0.323 e. The van der Waals surface area contributed by atoms with Crippen molar-refractivity contribution >= 4 is 11.3 Å². The summed E-state index contributed by atoms with van der Waals surface area (Å²) in [4.78, 5) is 3.99. The minimum Gasteiger partial charge on any atom is -0.323 e. The summed E-state index contributed by atoms with van der Waals surface area (Å²) < 4.78 is 0. The fourth-order valence-electron chi connectivity index (χ4n) is 2.56. The van der Waals surface area contributed by atoms with Gasteiger partial charge >= 0.3 is 0 Å². The number of nitrogens with zero attached hydrogens (tertiary/aromatic N) is 1. The molecule has 0 amide bonds. The molecule has 2 N–H and O–H groups in total. The molecule has 106 valence electrons. The van der Waals surface area contributed by atoms with Crippen LogP contribution >= 0.6 is 11.3 Å². The zero-order valence-electron chi connectivity index (χ0n) is 12.0. The number of hydrogen-bond donors (Lipinski definition) is 1. The van der Waals surface area contributed by atoms with Gasteiger partial charge in [0.2, 0.25) is 0 Å². The first-order valence-corrected chi connectivity index (χ1v) is 8.19. The number of aryl methyl sites for hydroxylation is 1. The lowest BCUT2D eigenvalue weighted by Gasteiger charge is -2.25. The Kier molecular flexibility index (Phi) is 4.20. The standard InChI is InChI=1S/C17H22N2S/c1-13-4-6-14(7-5-13)17(18)12-19(15-8-9-15)11-16-3-2-10-20-16/h2-7,10,15,17H,8-9,11-12,18H2,1H3. The van der Waals surface area contributed by atoms with Crippen LogP contribution in [0, 0.1) is 6.92 Å². The van der Waals surface area contributed by atoms with Crippen molar-refractivity contribution in [3.05, 3.63) is 57.8 Å². The molecule has 0 spiro atoms. The van der Waals surface area contributed by atoms with Gasteiger partial charge in [-0.2, -0.15) is 0 Å². The van der Waals surface area contributed by atoms with E-state index in [1.54, 1.807) is 0 Å². The summed E-state index contributed by atoms with van der Waals surface area (Å²) in [6.45, 7) is 4.11. The Balaban J connectivity index is 1.65. The van der Waals surface area contributed by atoms with Crippen molar-refractivity contribution < 1.29 is 0 Å². The van der Waals surface area contributed by atoms with E-state index in [-0.39, 0.29) is 6.04 Å². The molecule has 1 fully saturated rings. The van der Waals surface area contributed by atoms with Gasteiger partial charge in [0, 0.05) is 30.1 Å². The smallest absolute Gasteiger partial charge is 0.0424 e. The lowest BCUT2D eigenvalue weighted by Crippen LogP contribution is -2.33. The van der Waals surface area contributed by atoms with Crippen molar-refractivity contribution in [3.8, 4) is 0 Å². The molecule has 0 radical (unpaired) electrons. The average Bonchev–Trinajstić information content (AvgIpc) is 3.17. The van der Waals surface area contributed by atoms with Gasteiger partial charge in [0.25, 0.3) is 0 Å². The van der Waals surface area contributed by atoms with Crippen LogP contribution in [-0.2, 0) is 6.54 Å². The second-order valence-corrected chi connectivity index (χ2v) is 6.79. The van der Waals surface area contributed by atoms with Crippen LogP contribution in [-0.4, -0.2) is 17.5 Å². The Hall–Kier alpha value is -1.16. The summed E-state index contributed by atoms with van der Waals surface area (Å²) in [6.07, 6.45) is 2.65. The van der Waals surface area contributed by atoms with E-state index in [2.05, 4.69) is 53.6 Å². The maximum Gasteiger partial charge on any atom is 0.0424 e. The van der Waals surface area contributed by atoms with Crippen LogP contribution in [0.4, 0.5) is 0 Å². The maximum absolute atomic E-state index is 6.40. The first-order valence-electron chi connectivity index (χ1n) is 7.31. The lowest BCUT2D eigenvalue weighted by atomic mass is 10.1. The van der Waals surface area contributed by atoms with Gasteiger partial charge in [-0.25, -0.2) is 0 Å². The summed E-state index contributed by atoms with van der Waals surface area (Å²) in [7, 11) is 0. The van der Waals surface area contributed by atoms with Gasteiger partial charge < -0.3 is 5.73 Å². The van der Waals surface area contributed by atoms with E-state index in [0.717, 1.165) is 19.1 Å². The van der Waals surface area contributed by atoms with Crippen molar-refractivity contribution in [1.29, 1.82) is 0 Å². The predicted octanol–water partition coefficient (Wildman–Crippen LogP) is 3.72. The number of hydrogen-bond acceptors (Lipinski definition) is 3. The summed E-state index contributed by atoms with van der Waals surface area (Å²) in [5.74, 6) is 0. The van der Waals surface area contributed by atoms with Crippen molar-refractivity contribution in [2.45, 2.75) is 38.4 Å². The molecule has 0 bridgehead atoms. The van der Waals surface area contributed by atoms with E-state index < -0.39 is 0 Å². The molecule has 0 aliphatic heterocycles. The molecule has 2 aromatic rings. The third kappa shape index (κ3) is 3.48. The fourth-order valence-corrected chi connectivity index (χ4v) is 3.29. The molecule has 1 saturated carbocycles. The minimum absolute atomic E-state index is 0.108. The first-order chi connectivity index (χ1) is 9.72. The van der Waals surface area contributed by atoms with Gasteiger partial charge in [-0.15, -0.1) is 11.3 Å². The summed E-state index contributed by atoms with van der Waals surface area (Å²) in [5, 5.41) is 2.15. The molecule has 3 rings (SSSR count). The van der Waals surface area contributed by atoms with Crippen molar-refractivity contribution in [2.75, 3.05) is 6.54 Å². The number of rotatable bonds is 6. The van der Waals surface area contributed by atoms with Crippen LogP contribution in [0.1, 0.15) is 34.9 Å². The summed E-state index contributed by atoms with van der Waals surface area (Å²) in [5.41, 5.74) is 8.94. The van der Waals surface area contributed by atoms with E-state index >= 15 is 0 Å². The van der Waals surface area contributed by atoms with Gasteiger partial charge in [-0.05, 0) is 36.8 Å². The summed E-state index contributed by atoms with van der Waals surface area (Å²) in [6, 6.07) is 13.8. The molecule has 1 heterocycles. The first kappa shape index (κ1) is 13.8. The van der Waals surface area contributed by atoms with Crippen LogP contribution in [0.25, 0.3) is 0 Å². The molecule has 1 atom stereocenters. The zero-order chi connectivity index (χ0) is 13.9. The Morgan fingerprint density at radius 1 is 1.25 bits per heavy atom. The third-order valence-corrected chi connectivity index (χ3v) is 4.80. The molecule has 2 nitrogen and oxygen atoms in total. The van der Waals surface area contributed by atoms with Crippen LogP contribution < -0.4 is 5.73 Å². The highest BCUT2D eigenvalue weighted by molar-refractivity contribution is 7.09. The predicted molar refractivity (Wildman–Crippen MR) is 85.9 cm³/mol. The van der Waals surface area contributed by atoms with Crippen LogP contribution in [0.3, 0.4) is 0 Å². The van der Waals surface area contributed by atoms with E-state index in [1.807, 2.05) is 11.3 Å². The van der Waals surface area contributed by atoms with Crippen molar-refractivity contribution in [3.63, 3.8) is 0 Å². The molecular weight excluding hydrogens is 264 g/mol. The highest BCUT2D eigenvalue weighted by atomic mass is 32.1. The second-order valence-electron chi connectivity index (χ2n) is 5.76. The van der Waals surface area contributed by atoms with Gasteiger partial charge in [0.15, 0.2) is 0 Å². The van der Waals surface area contributed by atoms with Crippen LogP contribution in [0.5, 0.6) is 0 Å². The zero-order valence-corrected chi connectivity index (χ0v) is 12.8. The Morgan fingerprint density at radius 2 is 2.00 bits per heavy atom. The molecule has 1 aliphatic carbocycles. The molecule has 1 aromatic carbocycles. The number of benzene rings is 1. The quantitative estimate of drug-likeness (QED) is 0.877. The van der Waals surface area contributed by atoms with Crippen LogP contribution in [0.2, 0.25) is 0 Å². The molecule has 1 aromatic heterocycles. The molecule has 20 heavy (non-hydrogen) atoms. The Morgan fingerprint density at radius 3 is 2.60 bits per heavy atom. The van der Waals surface area contributed by atoms with Gasteiger partial charge in [0.05, 0.1) is 0 Å². The SMILES string of the molecule is Cc1ccc(C(N)CN(Cc2cccs2)C2CC2)cc1. The maximum atomic E-state index is 6.40. The van der Waals surface area contributed by atoms with E-state index in [9.17, 15) is 0 Å². The molecule has 1 unspecified atom stereocenters. The van der Waals surface area contributed by atoms with Crippen molar-refractivity contribution in [2.24, 2.45) is 5.73 Å². The molecular formula is C17H22N2S. The minimum atomic E-state index is 0.108. The van der Waals surface area contributed by atoms with Crippen molar-refractivity contribution in [1.82, 2.24) is 4.90 Å². The van der Waals surface area contributed by atoms with Gasteiger partial charge in [-0.3, -0.25) is 4.90 Å². The molecule has 0 saturated heterocycles. The number of thiophene rings is 1. The Bertz CT molecular complexity index is 529. The molecule has 1 aliphatic rings. The van der Waals surface area contributed by atoms with Gasteiger partial charge in [0.1, 0.15) is 0 Å². The van der Waals surface area contributed by atoms with E-state index in [1.165, 1.54) is 28.8 Å². The highest BCUT2D eigenvalue weighted by Gasteiger charge is 2.30. The van der Waals surface area contributed by atoms with Gasteiger partial charge in [-0.1, -0.05) is 35.9 Å². The van der Waals surface area contributed by atoms with E-state index in [0.29, 0.717) is 0 Å². The third-order valence-electron chi connectivity index (χ3n) is 3.94. The van der Waals surface area contributed by atoms with Crippen LogP contribution in [0.15, 0.2) is 41.8 Å². The highest BCUT2D eigenvalue weighted by Crippen LogP contribution is 2.30.